The molecule has 1 aromatic rings. The normalized spacial score (nSPS) is 12.7. The Bertz CT molecular complexity index is 615. The first-order chi connectivity index (χ1) is 12.4. The fraction of sp³-hybridized carbons (Fsp3) is 0.550. The largest absolute Gasteiger partial charge is 0.459 e. The Balaban J connectivity index is 2.77. The molecule has 27 heavy (non-hydrogen) atoms. The number of ether oxygens (including phenoxy) is 2. The lowest BCUT2D eigenvalue weighted by Gasteiger charge is -2.24. The molecule has 1 atom stereocenters. The molecule has 2 N–H and O–H groups in total. The summed E-state index contributed by atoms with van der Waals surface area (Å²) in [5.41, 5.74) is -0.376. The van der Waals surface area contributed by atoms with E-state index >= 15 is 0 Å². The molecule has 0 saturated carbocycles. The molecule has 0 saturated heterocycles. The standard InChI is InChI=1S/C20H30N2O5/c1-19(2,3)22-16(23)12-15(21-18(25)27-20(4,5)6)17(24)26-13-14-10-8-7-9-11-14/h7-11,15H,12-13H2,1-6H3,(H,21,25)(H,22,23)/t15-/m0/s1. The van der Waals surface area contributed by atoms with E-state index in [0.29, 0.717) is 0 Å². The minimum atomic E-state index is -1.15. The topological polar surface area (TPSA) is 93.7 Å². The lowest BCUT2D eigenvalue weighted by Crippen LogP contribution is -2.49. The van der Waals surface area contributed by atoms with Crippen molar-refractivity contribution in [2.24, 2.45) is 0 Å². The number of alkyl carbamates (subject to hydrolysis) is 1. The van der Waals surface area contributed by atoms with Gasteiger partial charge in [0.2, 0.25) is 5.91 Å². The van der Waals surface area contributed by atoms with Crippen LogP contribution in [0, 0.1) is 0 Å². The Kier molecular flexibility index (Phi) is 7.82. The van der Waals surface area contributed by atoms with Crippen molar-refractivity contribution < 1.29 is 23.9 Å². The summed E-state index contributed by atoms with van der Waals surface area (Å²) in [6, 6.07) is 8.00. The van der Waals surface area contributed by atoms with Crippen LogP contribution < -0.4 is 10.6 Å². The third kappa shape index (κ3) is 10.2. The number of esters is 1. The number of hydrogen-bond acceptors (Lipinski definition) is 5. The summed E-state index contributed by atoms with van der Waals surface area (Å²) in [7, 11) is 0. The van der Waals surface area contributed by atoms with E-state index in [9.17, 15) is 14.4 Å². The Morgan fingerprint density at radius 1 is 1.00 bits per heavy atom. The third-order valence-corrected chi connectivity index (χ3v) is 3.10. The van der Waals surface area contributed by atoms with Crippen LogP contribution in [0.25, 0.3) is 0 Å². The van der Waals surface area contributed by atoms with Crippen molar-refractivity contribution in [2.75, 3.05) is 0 Å². The Morgan fingerprint density at radius 3 is 2.11 bits per heavy atom. The molecule has 0 unspecified atom stereocenters. The number of rotatable bonds is 6. The number of benzene rings is 1. The molecular formula is C20H30N2O5. The lowest BCUT2D eigenvalue weighted by atomic mass is 10.1. The maximum atomic E-state index is 12.4. The number of carbonyl (C=O) groups is 3. The van der Waals surface area contributed by atoms with Gasteiger partial charge in [-0.2, -0.15) is 0 Å². The molecule has 0 spiro atoms. The van der Waals surface area contributed by atoms with Gasteiger partial charge in [0.05, 0.1) is 6.42 Å². The van der Waals surface area contributed by atoms with Crippen LogP contribution in [0.4, 0.5) is 4.79 Å². The molecule has 0 aromatic heterocycles. The molecule has 7 nitrogen and oxygen atoms in total. The molecule has 0 radical (unpaired) electrons. The highest BCUT2D eigenvalue weighted by Crippen LogP contribution is 2.09. The average Bonchev–Trinajstić information content (AvgIpc) is 2.49. The van der Waals surface area contributed by atoms with Gasteiger partial charge in [0, 0.05) is 5.54 Å². The van der Waals surface area contributed by atoms with Crippen LogP contribution in [0.5, 0.6) is 0 Å². The second kappa shape index (κ2) is 9.39. The van der Waals surface area contributed by atoms with Crippen LogP contribution in [0.3, 0.4) is 0 Å². The van der Waals surface area contributed by atoms with Gasteiger partial charge in [0.1, 0.15) is 18.2 Å². The summed E-state index contributed by atoms with van der Waals surface area (Å²) in [5, 5.41) is 5.19. The molecular weight excluding hydrogens is 348 g/mol. The van der Waals surface area contributed by atoms with Crippen molar-refractivity contribution in [1.29, 1.82) is 0 Å². The highest BCUT2D eigenvalue weighted by atomic mass is 16.6. The minimum absolute atomic E-state index is 0.0487. The smallest absolute Gasteiger partial charge is 0.408 e. The van der Waals surface area contributed by atoms with Gasteiger partial charge in [-0.05, 0) is 47.1 Å². The van der Waals surface area contributed by atoms with Crippen molar-refractivity contribution >= 4 is 18.0 Å². The number of nitrogens with one attached hydrogen (secondary N) is 2. The summed E-state index contributed by atoms with van der Waals surface area (Å²) >= 11 is 0. The number of carbonyl (C=O) groups excluding carboxylic acids is 3. The number of hydrogen-bond donors (Lipinski definition) is 2. The second-order valence-electron chi connectivity index (χ2n) is 8.29. The maximum Gasteiger partial charge on any atom is 0.408 e. The summed E-state index contributed by atoms with van der Waals surface area (Å²) in [6.45, 7) is 10.7. The first-order valence-corrected chi connectivity index (χ1v) is 8.87. The van der Waals surface area contributed by atoms with Crippen molar-refractivity contribution in [1.82, 2.24) is 10.6 Å². The Morgan fingerprint density at radius 2 is 1.59 bits per heavy atom. The number of amides is 2. The average molecular weight is 378 g/mol. The molecule has 7 heteroatoms. The molecule has 1 aromatic carbocycles. The molecule has 1 rings (SSSR count). The zero-order valence-electron chi connectivity index (χ0n) is 16.9. The fourth-order valence-corrected chi connectivity index (χ4v) is 2.13. The Labute approximate surface area is 160 Å². The van der Waals surface area contributed by atoms with Gasteiger partial charge in [-0.15, -0.1) is 0 Å². The minimum Gasteiger partial charge on any atom is -0.459 e. The van der Waals surface area contributed by atoms with Crippen molar-refractivity contribution in [3.05, 3.63) is 35.9 Å². The van der Waals surface area contributed by atoms with Gasteiger partial charge >= 0.3 is 12.1 Å². The summed E-state index contributed by atoms with van der Waals surface area (Å²) in [6.07, 6.45) is -1.03. The first-order valence-electron chi connectivity index (χ1n) is 8.87. The van der Waals surface area contributed by atoms with E-state index in [4.69, 9.17) is 9.47 Å². The molecule has 150 valence electrons. The van der Waals surface area contributed by atoms with Crippen molar-refractivity contribution in [3.63, 3.8) is 0 Å². The van der Waals surface area contributed by atoms with E-state index in [1.54, 1.807) is 20.8 Å². The predicted octanol–water partition coefficient (Wildman–Crippen LogP) is 2.93. The van der Waals surface area contributed by atoms with Crippen molar-refractivity contribution in [3.8, 4) is 0 Å². The SMILES string of the molecule is CC(C)(C)NC(=O)C[C@H](NC(=O)OC(C)(C)C)C(=O)OCc1ccccc1. The molecule has 0 aliphatic heterocycles. The second-order valence-corrected chi connectivity index (χ2v) is 8.29. The molecule has 0 aliphatic rings. The highest BCUT2D eigenvalue weighted by molar-refractivity contribution is 5.88. The highest BCUT2D eigenvalue weighted by Gasteiger charge is 2.29. The summed E-state index contributed by atoms with van der Waals surface area (Å²) in [4.78, 5) is 36.7. The Hall–Kier alpha value is -2.57. The molecule has 0 heterocycles. The van der Waals surface area contributed by atoms with Gasteiger partial charge in [0.25, 0.3) is 0 Å². The summed E-state index contributed by atoms with van der Waals surface area (Å²) < 4.78 is 10.4. The van der Waals surface area contributed by atoms with Gasteiger partial charge in [-0.1, -0.05) is 30.3 Å². The predicted molar refractivity (Wildman–Crippen MR) is 102 cm³/mol. The van der Waals surface area contributed by atoms with Gasteiger partial charge in [0.15, 0.2) is 0 Å². The van der Waals surface area contributed by atoms with Crippen LogP contribution in [0.2, 0.25) is 0 Å². The molecule has 2 amide bonds. The van der Waals surface area contributed by atoms with Crippen LogP contribution >= 0.6 is 0 Å². The van der Waals surface area contributed by atoms with Crippen LogP contribution in [0.15, 0.2) is 30.3 Å². The van der Waals surface area contributed by atoms with E-state index in [0.717, 1.165) is 5.56 Å². The monoisotopic (exact) mass is 378 g/mol. The van der Waals surface area contributed by atoms with Gasteiger partial charge in [-0.25, -0.2) is 9.59 Å². The molecule has 0 fully saturated rings. The van der Waals surface area contributed by atoms with E-state index in [1.165, 1.54) is 0 Å². The molecule has 0 bridgehead atoms. The fourth-order valence-electron chi connectivity index (χ4n) is 2.13. The van der Waals surface area contributed by atoms with Gasteiger partial charge < -0.3 is 20.1 Å². The first kappa shape index (κ1) is 22.5. The maximum absolute atomic E-state index is 12.4. The quantitative estimate of drug-likeness (QED) is 0.743. The zero-order valence-corrected chi connectivity index (χ0v) is 16.9. The van der Waals surface area contributed by atoms with Crippen LogP contribution in [-0.4, -0.2) is 35.2 Å². The van der Waals surface area contributed by atoms with Crippen molar-refractivity contribution in [2.45, 2.75) is 71.8 Å². The summed E-state index contributed by atoms with van der Waals surface area (Å²) in [5.74, 6) is -1.08. The molecule has 0 aliphatic carbocycles. The van der Waals surface area contributed by atoms with Crippen LogP contribution in [-0.2, 0) is 25.7 Å². The van der Waals surface area contributed by atoms with Gasteiger partial charge in [-0.3, -0.25) is 4.79 Å². The van der Waals surface area contributed by atoms with E-state index < -0.39 is 29.2 Å². The van der Waals surface area contributed by atoms with E-state index in [1.807, 2.05) is 51.1 Å². The lowest BCUT2D eigenvalue weighted by molar-refractivity contribution is -0.149. The van der Waals surface area contributed by atoms with E-state index in [2.05, 4.69) is 10.6 Å². The third-order valence-electron chi connectivity index (χ3n) is 3.10. The van der Waals surface area contributed by atoms with Crippen LogP contribution in [0.1, 0.15) is 53.5 Å². The van der Waals surface area contributed by atoms with E-state index in [-0.39, 0.29) is 18.9 Å². The zero-order chi connectivity index (χ0) is 20.7.